The van der Waals surface area contributed by atoms with E-state index in [9.17, 15) is 14.0 Å². The first-order chi connectivity index (χ1) is 13.6. The number of aromatic amines is 1. The van der Waals surface area contributed by atoms with Gasteiger partial charge in [-0.2, -0.15) is 0 Å². The molecule has 1 saturated heterocycles. The fourth-order valence-corrected chi connectivity index (χ4v) is 3.67. The molecule has 4 rings (SSSR count). The smallest absolute Gasteiger partial charge is 0.253 e. The Morgan fingerprint density at radius 2 is 1.82 bits per heavy atom. The Kier molecular flexibility index (Phi) is 5.21. The van der Waals surface area contributed by atoms with Crippen molar-refractivity contribution in [1.29, 1.82) is 0 Å². The summed E-state index contributed by atoms with van der Waals surface area (Å²) < 4.78 is 13.0. The molecule has 1 aliphatic rings. The lowest BCUT2D eigenvalue weighted by molar-refractivity contribution is 0.0638. The summed E-state index contributed by atoms with van der Waals surface area (Å²) >= 11 is 0. The van der Waals surface area contributed by atoms with Crippen molar-refractivity contribution in [1.82, 2.24) is 14.8 Å². The van der Waals surface area contributed by atoms with E-state index in [4.69, 9.17) is 0 Å². The van der Waals surface area contributed by atoms with Crippen LogP contribution in [-0.2, 0) is 6.42 Å². The molecule has 144 valence electrons. The van der Waals surface area contributed by atoms with Crippen LogP contribution in [0.4, 0.5) is 4.39 Å². The lowest BCUT2D eigenvalue weighted by Gasteiger charge is -2.34. The van der Waals surface area contributed by atoms with Gasteiger partial charge in [0.05, 0.1) is 0 Å². The van der Waals surface area contributed by atoms with Gasteiger partial charge < -0.3 is 9.88 Å². The standard InChI is InChI=1S/C22H22FN3O2/c23-19-4-1-16(2-5-19)7-8-25-9-11-26(12-10-25)22(28)17-3-6-21-20(13-17)18(15-27)14-24-21/h1-6,13-15,24H,7-12H2. The largest absolute Gasteiger partial charge is 0.360 e. The summed E-state index contributed by atoms with van der Waals surface area (Å²) in [5.41, 5.74) is 3.14. The van der Waals surface area contributed by atoms with Gasteiger partial charge in [-0.25, -0.2) is 4.39 Å². The molecule has 0 aliphatic carbocycles. The molecular formula is C22H22FN3O2. The van der Waals surface area contributed by atoms with Crippen LogP contribution in [0.5, 0.6) is 0 Å². The van der Waals surface area contributed by atoms with Crippen molar-refractivity contribution in [2.75, 3.05) is 32.7 Å². The summed E-state index contributed by atoms with van der Waals surface area (Å²) in [4.78, 5) is 31.2. The van der Waals surface area contributed by atoms with Gasteiger partial charge in [-0.3, -0.25) is 14.5 Å². The molecule has 0 bridgehead atoms. The summed E-state index contributed by atoms with van der Waals surface area (Å²) in [6, 6.07) is 12.1. The van der Waals surface area contributed by atoms with Crippen molar-refractivity contribution in [2.24, 2.45) is 0 Å². The van der Waals surface area contributed by atoms with Gasteiger partial charge in [0.2, 0.25) is 0 Å². The second-order valence-corrected chi connectivity index (χ2v) is 7.13. The first kappa shape index (κ1) is 18.4. The van der Waals surface area contributed by atoms with Crippen molar-refractivity contribution >= 4 is 23.1 Å². The van der Waals surface area contributed by atoms with Gasteiger partial charge in [-0.15, -0.1) is 0 Å². The van der Waals surface area contributed by atoms with E-state index < -0.39 is 0 Å². The highest BCUT2D eigenvalue weighted by Gasteiger charge is 2.22. The Morgan fingerprint density at radius 1 is 1.07 bits per heavy atom. The highest BCUT2D eigenvalue weighted by atomic mass is 19.1. The summed E-state index contributed by atoms with van der Waals surface area (Å²) in [7, 11) is 0. The molecule has 2 aromatic carbocycles. The van der Waals surface area contributed by atoms with Crippen molar-refractivity contribution in [3.05, 3.63) is 71.2 Å². The molecule has 0 radical (unpaired) electrons. The maximum Gasteiger partial charge on any atom is 0.253 e. The number of amides is 1. The van der Waals surface area contributed by atoms with E-state index >= 15 is 0 Å². The number of hydrogen-bond acceptors (Lipinski definition) is 3. The molecule has 1 N–H and O–H groups in total. The number of aldehydes is 1. The predicted octanol–water partition coefficient (Wildman–Crippen LogP) is 3.12. The van der Waals surface area contributed by atoms with Crippen LogP contribution in [0.2, 0.25) is 0 Å². The molecule has 0 unspecified atom stereocenters. The zero-order valence-electron chi connectivity index (χ0n) is 15.5. The lowest BCUT2D eigenvalue weighted by Crippen LogP contribution is -2.49. The van der Waals surface area contributed by atoms with Crippen LogP contribution in [0.25, 0.3) is 10.9 Å². The minimum atomic E-state index is -0.214. The second kappa shape index (κ2) is 7.94. The van der Waals surface area contributed by atoms with E-state index in [1.54, 1.807) is 18.3 Å². The van der Waals surface area contributed by atoms with E-state index in [1.807, 2.05) is 23.1 Å². The number of aromatic nitrogens is 1. The third kappa shape index (κ3) is 3.82. The normalized spacial score (nSPS) is 15.1. The quantitative estimate of drug-likeness (QED) is 0.693. The van der Waals surface area contributed by atoms with Gasteiger partial charge in [0, 0.05) is 61.0 Å². The monoisotopic (exact) mass is 379 g/mol. The molecule has 6 heteroatoms. The van der Waals surface area contributed by atoms with Crippen molar-refractivity contribution in [3.8, 4) is 0 Å². The van der Waals surface area contributed by atoms with E-state index in [-0.39, 0.29) is 11.7 Å². The Labute approximate surface area is 162 Å². The molecule has 0 atom stereocenters. The summed E-state index contributed by atoms with van der Waals surface area (Å²) in [5.74, 6) is -0.216. The number of halogens is 1. The van der Waals surface area contributed by atoms with Crippen LogP contribution in [0.1, 0.15) is 26.3 Å². The number of nitrogens with zero attached hydrogens (tertiary/aromatic N) is 2. The van der Waals surface area contributed by atoms with Crippen molar-refractivity contribution in [2.45, 2.75) is 6.42 Å². The van der Waals surface area contributed by atoms with Crippen LogP contribution in [0.15, 0.2) is 48.7 Å². The summed E-state index contributed by atoms with van der Waals surface area (Å²) in [6.45, 7) is 3.88. The predicted molar refractivity (Wildman–Crippen MR) is 106 cm³/mol. The van der Waals surface area contributed by atoms with Gasteiger partial charge in [-0.05, 0) is 42.3 Å². The second-order valence-electron chi connectivity index (χ2n) is 7.13. The summed E-state index contributed by atoms with van der Waals surface area (Å²) in [6.07, 6.45) is 3.33. The molecule has 28 heavy (non-hydrogen) atoms. The van der Waals surface area contributed by atoms with E-state index in [1.165, 1.54) is 12.1 Å². The Balaban J connectivity index is 1.34. The zero-order chi connectivity index (χ0) is 19.5. The topological polar surface area (TPSA) is 56.4 Å². The van der Waals surface area contributed by atoms with Gasteiger partial charge in [0.15, 0.2) is 6.29 Å². The lowest BCUT2D eigenvalue weighted by atomic mass is 10.1. The molecule has 1 aromatic heterocycles. The van der Waals surface area contributed by atoms with Crippen molar-refractivity contribution < 1.29 is 14.0 Å². The zero-order valence-corrected chi connectivity index (χ0v) is 15.5. The fourth-order valence-electron chi connectivity index (χ4n) is 3.67. The maximum absolute atomic E-state index is 13.0. The molecule has 1 aliphatic heterocycles. The van der Waals surface area contributed by atoms with Gasteiger partial charge >= 0.3 is 0 Å². The average molecular weight is 379 g/mol. The number of carbonyl (C=O) groups excluding carboxylic acids is 2. The minimum Gasteiger partial charge on any atom is -0.360 e. The summed E-state index contributed by atoms with van der Waals surface area (Å²) in [5, 5.41) is 0.777. The number of H-pyrrole nitrogens is 1. The van der Waals surface area contributed by atoms with Crippen LogP contribution < -0.4 is 0 Å². The van der Waals surface area contributed by atoms with Gasteiger partial charge in [0.25, 0.3) is 5.91 Å². The van der Waals surface area contributed by atoms with Gasteiger partial charge in [-0.1, -0.05) is 12.1 Å². The van der Waals surface area contributed by atoms with Gasteiger partial charge in [0.1, 0.15) is 5.82 Å². The highest BCUT2D eigenvalue weighted by molar-refractivity contribution is 6.03. The van der Waals surface area contributed by atoms with Crippen molar-refractivity contribution in [3.63, 3.8) is 0 Å². The molecule has 2 heterocycles. The number of rotatable bonds is 5. The van der Waals surface area contributed by atoms with E-state index in [0.717, 1.165) is 48.8 Å². The van der Waals surface area contributed by atoms with E-state index in [2.05, 4.69) is 9.88 Å². The van der Waals surface area contributed by atoms with Crippen LogP contribution >= 0.6 is 0 Å². The molecule has 1 amide bonds. The molecular weight excluding hydrogens is 357 g/mol. The average Bonchev–Trinajstić information content (AvgIpc) is 3.15. The number of nitrogens with one attached hydrogen (secondary N) is 1. The maximum atomic E-state index is 13.0. The number of fused-ring (bicyclic) bond motifs is 1. The molecule has 1 fully saturated rings. The number of hydrogen-bond donors (Lipinski definition) is 1. The molecule has 0 spiro atoms. The van der Waals surface area contributed by atoms with Crippen LogP contribution in [-0.4, -0.2) is 59.7 Å². The minimum absolute atomic E-state index is 0.00173. The van der Waals surface area contributed by atoms with E-state index in [0.29, 0.717) is 24.2 Å². The first-order valence-electron chi connectivity index (χ1n) is 9.46. The Bertz CT molecular complexity index is 989. The number of piperazine rings is 1. The first-order valence-corrected chi connectivity index (χ1v) is 9.46. The third-order valence-electron chi connectivity index (χ3n) is 5.38. The molecule has 3 aromatic rings. The number of carbonyl (C=O) groups is 2. The highest BCUT2D eigenvalue weighted by Crippen LogP contribution is 2.20. The molecule has 5 nitrogen and oxygen atoms in total. The fraction of sp³-hybridized carbons (Fsp3) is 0.273. The van der Waals surface area contributed by atoms with Crippen LogP contribution in [0.3, 0.4) is 0 Å². The third-order valence-corrected chi connectivity index (χ3v) is 5.38. The SMILES string of the molecule is O=Cc1c[nH]c2ccc(C(=O)N3CCN(CCc4ccc(F)cc4)CC3)cc12. The Hall–Kier alpha value is -2.99. The molecule has 0 saturated carbocycles. The Morgan fingerprint density at radius 3 is 2.54 bits per heavy atom. The van der Waals surface area contributed by atoms with Crippen LogP contribution in [0, 0.1) is 5.82 Å². The number of benzene rings is 2.